The molecule has 1 fully saturated rings. The molecule has 1 aromatic carbocycles. The van der Waals surface area contributed by atoms with Crippen LogP contribution in [0.15, 0.2) is 59.1 Å². The molecule has 3 aromatic heterocycles. The third-order valence-electron chi connectivity index (χ3n) is 7.40. The van der Waals surface area contributed by atoms with Gasteiger partial charge in [-0.2, -0.15) is 13.2 Å². The van der Waals surface area contributed by atoms with Crippen LogP contribution in [0.5, 0.6) is 0 Å². The molecule has 1 amide bonds. The molecule has 0 radical (unpaired) electrons. The zero-order valence-electron chi connectivity index (χ0n) is 20.4. The van der Waals surface area contributed by atoms with E-state index in [0.717, 1.165) is 47.7 Å². The number of aromatic amines is 1. The number of alkyl halides is 3. The summed E-state index contributed by atoms with van der Waals surface area (Å²) in [5, 5.41) is 12.5. The number of aliphatic hydroxyl groups excluding tert-OH is 1. The zero-order chi connectivity index (χ0) is 27.4. The van der Waals surface area contributed by atoms with Gasteiger partial charge in [-0.05, 0) is 53.7 Å². The lowest BCUT2D eigenvalue weighted by Crippen LogP contribution is -2.42. The molecular formula is C27H22F3N5O3S. The zero-order valence-corrected chi connectivity index (χ0v) is 21.2. The fourth-order valence-electron chi connectivity index (χ4n) is 5.03. The Bertz CT molecular complexity index is 1620. The van der Waals surface area contributed by atoms with Crippen LogP contribution < -0.4 is 5.56 Å². The van der Waals surface area contributed by atoms with E-state index in [-0.39, 0.29) is 30.6 Å². The van der Waals surface area contributed by atoms with Crippen LogP contribution in [0.1, 0.15) is 52.7 Å². The van der Waals surface area contributed by atoms with Crippen molar-refractivity contribution in [3.8, 4) is 11.1 Å². The number of aliphatic hydroxyl groups is 1. The number of pyridine rings is 1. The quantitative estimate of drug-likeness (QED) is 0.386. The lowest BCUT2D eigenvalue weighted by Gasteiger charge is -2.30. The average Bonchev–Trinajstić information content (AvgIpc) is 3.57. The van der Waals surface area contributed by atoms with Crippen LogP contribution in [0.3, 0.4) is 0 Å². The van der Waals surface area contributed by atoms with Crippen LogP contribution in [-0.2, 0) is 29.4 Å². The predicted octanol–water partition coefficient (Wildman–Crippen LogP) is 4.01. The van der Waals surface area contributed by atoms with E-state index in [9.17, 15) is 27.9 Å². The number of aromatic nitrogens is 4. The van der Waals surface area contributed by atoms with Crippen LogP contribution in [0.25, 0.3) is 11.1 Å². The van der Waals surface area contributed by atoms with E-state index in [0.29, 0.717) is 17.1 Å². The molecule has 39 heavy (non-hydrogen) atoms. The summed E-state index contributed by atoms with van der Waals surface area (Å²) < 4.78 is 43.4. The molecule has 2 aliphatic rings. The molecule has 2 N–H and O–H groups in total. The first kappa shape index (κ1) is 25.4. The first-order chi connectivity index (χ1) is 18.7. The molecule has 1 aliphatic heterocycles. The fourth-order valence-corrected chi connectivity index (χ4v) is 5.58. The lowest BCUT2D eigenvalue weighted by atomic mass is 9.94. The fraction of sp³-hybridized carbons (Fsp3) is 0.296. The number of carbonyl (C=O) groups excluding carboxylic acids is 1. The highest BCUT2D eigenvalue weighted by Crippen LogP contribution is 2.52. The van der Waals surface area contributed by atoms with E-state index in [2.05, 4.69) is 14.3 Å². The molecule has 1 atom stereocenters. The van der Waals surface area contributed by atoms with Crippen molar-refractivity contribution in [2.45, 2.75) is 43.5 Å². The third-order valence-corrected chi connectivity index (χ3v) is 7.99. The Balaban J connectivity index is 1.24. The Morgan fingerprint density at radius 3 is 2.69 bits per heavy atom. The number of H-pyrrole nitrogens is 1. The monoisotopic (exact) mass is 553 g/mol. The Morgan fingerprint density at radius 2 is 1.97 bits per heavy atom. The molecule has 0 unspecified atom stereocenters. The number of nitrogens with zero attached hydrogens (tertiary/aromatic N) is 4. The number of nitrogens with one attached hydrogen (secondary N) is 1. The van der Waals surface area contributed by atoms with Crippen LogP contribution in [-0.4, -0.2) is 41.8 Å². The van der Waals surface area contributed by atoms with Crippen molar-refractivity contribution < 1.29 is 23.1 Å². The van der Waals surface area contributed by atoms with E-state index < -0.39 is 29.2 Å². The van der Waals surface area contributed by atoms with Crippen molar-refractivity contribution >= 4 is 17.4 Å². The van der Waals surface area contributed by atoms with Crippen LogP contribution in [0.2, 0.25) is 0 Å². The van der Waals surface area contributed by atoms with Crippen molar-refractivity contribution in [2.24, 2.45) is 0 Å². The van der Waals surface area contributed by atoms with Gasteiger partial charge in [-0.25, -0.2) is 9.36 Å². The second-order valence-corrected chi connectivity index (χ2v) is 10.5. The Kier molecular flexibility index (Phi) is 6.11. The summed E-state index contributed by atoms with van der Waals surface area (Å²) in [5.41, 5.74) is 1.79. The second kappa shape index (κ2) is 9.38. The molecule has 0 saturated heterocycles. The van der Waals surface area contributed by atoms with Gasteiger partial charge < -0.3 is 15.0 Å². The van der Waals surface area contributed by atoms with Crippen LogP contribution in [0, 0.1) is 0 Å². The Morgan fingerprint density at radius 1 is 1.15 bits per heavy atom. The number of carbonyl (C=O) groups is 1. The summed E-state index contributed by atoms with van der Waals surface area (Å²) in [6, 6.07) is 6.09. The maximum atomic E-state index is 13.2. The smallest absolute Gasteiger partial charge is 0.378 e. The van der Waals surface area contributed by atoms with Crippen molar-refractivity contribution in [1.29, 1.82) is 0 Å². The molecule has 1 aliphatic carbocycles. The molecule has 0 bridgehead atoms. The molecule has 6 rings (SSSR count). The normalized spacial score (nSPS) is 17.0. The number of halogens is 3. The molecule has 4 aromatic rings. The molecule has 1 saturated carbocycles. The molecule has 4 heterocycles. The number of rotatable bonds is 5. The average molecular weight is 554 g/mol. The predicted molar refractivity (Wildman–Crippen MR) is 136 cm³/mol. The van der Waals surface area contributed by atoms with E-state index >= 15 is 0 Å². The van der Waals surface area contributed by atoms with Gasteiger partial charge in [0.2, 0.25) is 0 Å². The van der Waals surface area contributed by atoms with Crippen molar-refractivity contribution in [1.82, 2.24) is 24.2 Å². The van der Waals surface area contributed by atoms with Gasteiger partial charge in [0.05, 0.1) is 28.8 Å². The molecule has 8 nitrogen and oxygen atoms in total. The molecular weight excluding hydrogens is 531 g/mol. The maximum Gasteiger partial charge on any atom is 0.416 e. The SMILES string of the molecule is O=C([C@H](O)c1cccc(C(F)(F)F)c1)N1CCc2nc(C3(c4cncc(-c5cnsc5)c4)CC3)[nH]c(=O)c2C1. The highest BCUT2D eigenvalue weighted by molar-refractivity contribution is 7.03. The van der Waals surface area contributed by atoms with Gasteiger partial charge in [0.1, 0.15) is 5.82 Å². The minimum Gasteiger partial charge on any atom is -0.378 e. The summed E-state index contributed by atoms with van der Waals surface area (Å²) in [4.78, 5) is 39.5. The maximum absolute atomic E-state index is 13.2. The summed E-state index contributed by atoms with van der Waals surface area (Å²) in [6.45, 7) is 0.0783. The Hall–Kier alpha value is -3.90. The van der Waals surface area contributed by atoms with Crippen LogP contribution in [0.4, 0.5) is 13.2 Å². The summed E-state index contributed by atoms with van der Waals surface area (Å²) in [6.07, 6.45) is 0.829. The van der Waals surface area contributed by atoms with Gasteiger partial charge in [-0.1, -0.05) is 12.1 Å². The molecule has 200 valence electrons. The van der Waals surface area contributed by atoms with Gasteiger partial charge in [0.15, 0.2) is 6.10 Å². The van der Waals surface area contributed by atoms with Crippen molar-refractivity contribution in [3.63, 3.8) is 0 Å². The highest BCUT2D eigenvalue weighted by atomic mass is 32.1. The van der Waals surface area contributed by atoms with E-state index in [1.807, 2.05) is 11.4 Å². The number of fused-ring (bicyclic) bond motifs is 1. The number of hydrogen-bond donors (Lipinski definition) is 2. The van der Waals surface area contributed by atoms with Crippen molar-refractivity contribution in [2.75, 3.05) is 6.54 Å². The first-order valence-electron chi connectivity index (χ1n) is 12.3. The van der Waals surface area contributed by atoms with Gasteiger partial charge in [-0.15, -0.1) is 0 Å². The minimum absolute atomic E-state index is 0.0952. The largest absolute Gasteiger partial charge is 0.416 e. The molecule has 12 heteroatoms. The number of hydrogen-bond acceptors (Lipinski definition) is 7. The van der Waals surface area contributed by atoms with Gasteiger partial charge in [0.25, 0.3) is 11.5 Å². The summed E-state index contributed by atoms with van der Waals surface area (Å²) in [5.74, 6) is -0.217. The van der Waals surface area contributed by atoms with Gasteiger partial charge in [0, 0.05) is 48.1 Å². The van der Waals surface area contributed by atoms with Crippen molar-refractivity contribution in [3.05, 3.63) is 98.4 Å². The highest BCUT2D eigenvalue weighted by Gasteiger charge is 2.49. The second-order valence-electron chi connectivity index (χ2n) is 9.83. The third kappa shape index (κ3) is 4.63. The first-order valence-corrected chi connectivity index (χ1v) is 13.1. The van der Waals surface area contributed by atoms with E-state index in [4.69, 9.17) is 4.98 Å². The number of amides is 1. The lowest BCUT2D eigenvalue weighted by molar-refractivity contribution is -0.142. The van der Waals surface area contributed by atoms with Gasteiger partial charge in [-0.3, -0.25) is 14.6 Å². The van der Waals surface area contributed by atoms with E-state index in [1.54, 1.807) is 18.6 Å². The molecule has 0 spiro atoms. The van der Waals surface area contributed by atoms with E-state index in [1.165, 1.54) is 22.5 Å². The minimum atomic E-state index is -4.60. The summed E-state index contributed by atoms with van der Waals surface area (Å²) >= 11 is 1.35. The Labute approximate surface area is 224 Å². The number of benzene rings is 1. The van der Waals surface area contributed by atoms with Gasteiger partial charge >= 0.3 is 6.18 Å². The standard InChI is InChI=1S/C27H22F3N5O3S/c28-27(29,30)18-3-1-2-15(8-18)22(36)24(38)35-7-4-21-20(13-35)23(37)34-25(33-21)26(5-6-26)19-9-16(10-31-12-19)17-11-32-39-14-17/h1-3,8-12,14,22,36H,4-7,13H2,(H,33,34,37)/t22-/m1/s1. The van der Waals surface area contributed by atoms with Crippen LogP contribution >= 0.6 is 11.5 Å². The summed E-state index contributed by atoms with van der Waals surface area (Å²) in [7, 11) is 0. The topological polar surface area (TPSA) is 112 Å².